The third kappa shape index (κ3) is 12.5. The van der Waals surface area contributed by atoms with Gasteiger partial charge in [0.25, 0.3) is 5.91 Å². The third-order valence-corrected chi connectivity index (χ3v) is 4.10. The van der Waals surface area contributed by atoms with Gasteiger partial charge < -0.3 is 5.32 Å². The van der Waals surface area contributed by atoms with Crippen LogP contribution in [0.25, 0.3) is 6.08 Å². The SMILES string of the molecule is CCCCCCCCCC(=O)NCC(=O)N/N=C/C(C)=C\c1ccccc1. The van der Waals surface area contributed by atoms with Gasteiger partial charge in [-0.2, -0.15) is 5.10 Å². The van der Waals surface area contributed by atoms with Crippen LogP contribution in [0.4, 0.5) is 0 Å². The molecule has 0 aliphatic rings. The zero-order valence-electron chi connectivity index (χ0n) is 16.7. The Balaban J connectivity index is 2.12. The van der Waals surface area contributed by atoms with Crippen molar-refractivity contribution in [3.05, 3.63) is 41.5 Å². The van der Waals surface area contributed by atoms with Crippen molar-refractivity contribution in [3.8, 4) is 0 Å². The molecule has 0 radical (unpaired) electrons. The summed E-state index contributed by atoms with van der Waals surface area (Å²) in [5.41, 5.74) is 4.42. The Morgan fingerprint density at radius 3 is 2.33 bits per heavy atom. The van der Waals surface area contributed by atoms with Gasteiger partial charge in [0.1, 0.15) is 0 Å². The van der Waals surface area contributed by atoms with E-state index in [2.05, 4.69) is 22.8 Å². The summed E-state index contributed by atoms with van der Waals surface area (Å²) in [6.45, 7) is 4.06. The molecule has 1 rings (SSSR count). The number of nitrogens with one attached hydrogen (secondary N) is 2. The first-order valence-corrected chi connectivity index (χ1v) is 9.93. The first kappa shape index (κ1) is 22.6. The first-order valence-electron chi connectivity index (χ1n) is 9.93. The molecule has 0 aliphatic carbocycles. The molecule has 1 aromatic rings. The topological polar surface area (TPSA) is 70.6 Å². The molecule has 1 aromatic carbocycles. The van der Waals surface area contributed by atoms with Gasteiger partial charge in [0, 0.05) is 6.42 Å². The van der Waals surface area contributed by atoms with Gasteiger partial charge in [-0.15, -0.1) is 0 Å². The van der Waals surface area contributed by atoms with Gasteiger partial charge in [-0.05, 0) is 24.5 Å². The highest BCUT2D eigenvalue weighted by Gasteiger charge is 2.04. The largest absolute Gasteiger partial charge is 0.347 e. The number of carbonyl (C=O) groups excluding carboxylic acids is 2. The van der Waals surface area contributed by atoms with E-state index in [9.17, 15) is 9.59 Å². The second kappa shape index (κ2) is 14.7. The molecule has 0 spiro atoms. The normalized spacial score (nSPS) is 11.6. The predicted molar refractivity (Wildman–Crippen MR) is 112 cm³/mol. The number of benzene rings is 1. The fourth-order valence-corrected chi connectivity index (χ4v) is 2.60. The highest BCUT2D eigenvalue weighted by Crippen LogP contribution is 2.08. The van der Waals surface area contributed by atoms with Gasteiger partial charge in [0.2, 0.25) is 5.91 Å². The lowest BCUT2D eigenvalue weighted by Gasteiger charge is -2.04. The van der Waals surface area contributed by atoms with Gasteiger partial charge in [-0.3, -0.25) is 9.59 Å². The van der Waals surface area contributed by atoms with Crippen LogP contribution in [-0.4, -0.2) is 24.6 Å². The molecular weight excluding hydrogens is 338 g/mol. The summed E-state index contributed by atoms with van der Waals surface area (Å²) in [4.78, 5) is 23.4. The van der Waals surface area contributed by atoms with Crippen LogP contribution in [0.3, 0.4) is 0 Å². The molecule has 0 unspecified atom stereocenters. The van der Waals surface area contributed by atoms with Crippen molar-refractivity contribution in [2.24, 2.45) is 5.10 Å². The summed E-state index contributed by atoms with van der Waals surface area (Å²) in [6, 6.07) is 9.89. The zero-order chi connectivity index (χ0) is 19.7. The van der Waals surface area contributed by atoms with Crippen molar-refractivity contribution in [3.63, 3.8) is 0 Å². The summed E-state index contributed by atoms with van der Waals surface area (Å²) in [7, 11) is 0. The fourth-order valence-electron chi connectivity index (χ4n) is 2.60. The standard InChI is InChI=1S/C22H33N3O2/c1-3-4-5-6-7-8-12-15-21(26)23-18-22(27)25-24-17-19(2)16-20-13-10-9-11-14-20/h9-11,13-14,16-17H,3-8,12,15,18H2,1-2H3,(H,23,26)(H,25,27)/b19-16-,24-17+. The molecule has 5 nitrogen and oxygen atoms in total. The lowest BCUT2D eigenvalue weighted by atomic mass is 10.1. The Labute approximate surface area is 163 Å². The molecule has 2 amide bonds. The molecule has 0 fully saturated rings. The van der Waals surface area contributed by atoms with Gasteiger partial charge in [-0.25, -0.2) is 5.43 Å². The minimum absolute atomic E-state index is 0.0475. The van der Waals surface area contributed by atoms with E-state index in [-0.39, 0.29) is 18.4 Å². The molecule has 27 heavy (non-hydrogen) atoms. The van der Waals surface area contributed by atoms with Crippen LogP contribution in [0, 0.1) is 0 Å². The van der Waals surface area contributed by atoms with Crippen molar-refractivity contribution >= 4 is 24.1 Å². The van der Waals surface area contributed by atoms with Gasteiger partial charge in [0.15, 0.2) is 0 Å². The maximum absolute atomic E-state index is 11.7. The van der Waals surface area contributed by atoms with E-state index in [1.807, 2.05) is 43.3 Å². The molecule has 2 N–H and O–H groups in total. The van der Waals surface area contributed by atoms with Crippen molar-refractivity contribution in [1.29, 1.82) is 0 Å². The maximum Gasteiger partial charge on any atom is 0.259 e. The summed E-state index contributed by atoms with van der Waals surface area (Å²) < 4.78 is 0. The lowest BCUT2D eigenvalue weighted by Crippen LogP contribution is -2.34. The van der Waals surface area contributed by atoms with E-state index in [0.717, 1.165) is 24.0 Å². The summed E-state index contributed by atoms with van der Waals surface area (Å²) in [6.07, 6.45) is 12.2. The van der Waals surface area contributed by atoms with Crippen LogP contribution < -0.4 is 10.7 Å². The smallest absolute Gasteiger partial charge is 0.259 e. The van der Waals surface area contributed by atoms with E-state index in [0.29, 0.717) is 6.42 Å². The molecule has 0 saturated carbocycles. The summed E-state index contributed by atoms with van der Waals surface area (Å²) in [5.74, 6) is -0.408. The average molecular weight is 372 g/mol. The number of nitrogens with zero attached hydrogens (tertiary/aromatic N) is 1. The molecule has 0 atom stereocenters. The van der Waals surface area contributed by atoms with Crippen LogP contribution >= 0.6 is 0 Å². The van der Waals surface area contributed by atoms with E-state index in [1.54, 1.807) is 6.21 Å². The summed E-state index contributed by atoms with van der Waals surface area (Å²) >= 11 is 0. The number of hydrogen-bond donors (Lipinski definition) is 2. The Kier molecular flexibility index (Phi) is 12.3. The lowest BCUT2D eigenvalue weighted by molar-refractivity contribution is -0.126. The van der Waals surface area contributed by atoms with Crippen LogP contribution in [0.15, 0.2) is 41.0 Å². The average Bonchev–Trinajstić information content (AvgIpc) is 2.66. The second-order valence-corrected chi connectivity index (χ2v) is 6.74. The van der Waals surface area contributed by atoms with Crippen LogP contribution in [0.1, 0.15) is 70.8 Å². The number of amides is 2. The molecule has 148 valence electrons. The van der Waals surface area contributed by atoms with Crippen molar-refractivity contribution in [2.75, 3.05) is 6.54 Å². The fraction of sp³-hybridized carbons (Fsp3) is 0.500. The van der Waals surface area contributed by atoms with Crippen molar-refractivity contribution < 1.29 is 9.59 Å². The van der Waals surface area contributed by atoms with Crippen molar-refractivity contribution in [2.45, 2.75) is 65.2 Å². The molecule has 0 bridgehead atoms. The number of unbranched alkanes of at least 4 members (excludes halogenated alkanes) is 6. The van der Waals surface area contributed by atoms with Crippen LogP contribution in [0.5, 0.6) is 0 Å². The minimum atomic E-state index is -0.327. The predicted octanol–water partition coefficient (Wildman–Crippen LogP) is 4.45. The minimum Gasteiger partial charge on any atom is -0.347 e. The molecule has 0 aliphatic heterocycles. The quantitative estimate of drug-likeness (QED) is 0.305. The Morgan fingerprint density at radius 1 is 0.963 bits per heavy atom. The number of carbonyl (C=O) groups is 2. The van der Waals surface area contributed by atoms with E-state index in [1.165, 1.54) is 32.1 Å². The molecular formula is C22H33N3O2. The Hall–Kier alpha value is -2.43. The second-order valence-electron chi connectivity index (χ2n) is 6.74. The number of hydrogen-bond acceptors (Lipinski definition) is 3. The van der Waals surface area contributed by atoms with E-state index >= 15 is 0 Å². The van der Waals surface area contributed by atoms with Crippen LogP contribution in [0.2, 0.25) is 0 Å². The third-order valence-electron chi connectivity index (χ3n) is 4.10. The van der Waals surface area contributed by atoms with E-state index in [4.69, 9.17) is 0 Å². The highest BCUT2D eigenvalue weighted by molar-refractivity contribution is 5.87. The molecule has 5 heteroatoms. The molecule has 0 saturated heterocycles. The van der Waals surface area contributed by atoms with Gasteiger partial charge >= 0.3 is 0 Å². The molecule has 0 heterocycles. The Bertz CT molecular complexity index is 609. The van der Waals surface area contributed by atoms with Crippen molar-refractivity contribution in [1.82, 2.24) is 10.7 Å². The van der Waals surface area contributed by atoms with Gasteiger partial charge in [-0.1, -0.05) is 81.9 Å². The van der Waals surface area contributed by atoms with E-state index < -0.39 is 0 Å². The number of rotatable bonds is 13. The Morgan fingerprint density at radius 2 is 1.63 bits per heavy atom. The number of hydrazone groups is 1. The summed E-state index contributed by atoms with van der Waals surface area (Å²) in [5, 5.41) is 6.54. The first-order chi connectivity index (χ1) is 13.1. The number of allylic oxidation sites excluding steroid dienone is 1. The van der Waals surface area contributed by atoms with Gasteiger partial charge in [0.05, 0.1) is 12.8 Å². The maximum atomic E-state index is 11.7. The van der Waals surface area contributed by atoms with Crippen LogP contribution in [-0.2, 0) is 9.59 Å². The monoisotopic (exact) mass is 371 g/mol. The highest BCUT2D eigenvalue weighted by atomic mass is 16.2. The molecule has 0 aromatic heterocycles. The zero-order valence-corrected chi connectivity index (χ0v) is 16.7.